The van der Waals surface area contributed by atoms with Crippen LogP contribution in [0.25, 0.3) is 0 Å². The Bertz CT molecular complexity index is 225. The van der Waals surface area contributed by atoms with Gasteiger partial charge in [-0.1, -0.05) is 0 Å². The van der Waals surface area contributed by atoms with E-state index in [2.05, 4.69) is 5.32 Å². The highest BCUT2D eigenvalue weighted by Gasteiger charge is 2.13. The van der Waals surface area contributed by atoms with Crippen molar-refractivity contribution >= 4 is 5.91 Å². The van der Waals surface area contributed by atoms with E-state index in [1.807, 2.05) is 26.8 Å². The van der Waals surface area contributed by atoms with Gasteiger partial charge in [0, 0.05) is 19.1 Å². The zero-order valence-electron chi connectivity index (χ0n) is 9.42. The van der Waals surface area contributed by atoms with Crippen LogP contribution in [0.5, 0.6) is 0 Å². The van der Waals surface area contributed by atoms with Crippen molar-refractivity contribution in [2.45, 2.75) is 32.7 Å². The van der Waals surface area contributed by atoms with Gasteiger partial charge >= 0.3 is 0 Å². The lowest BCUT2D eigenvalue weighted by molar-refractivity contribution is -0.129. The summed E-state index contributed by atoms with van der Waals surface area (Å²) in [7, 11) is 1.71. The molecule has 0 heterocycles. The number of nitrogens with zero attached hydrogens (tertiary/aromatic N) is 2. The van der Waals surface area contributed by atoms with Crippen LogP contribution in [0.15, 0.2) is 0 Å². The molecular formula is C10H19N3O. The fourth-order valence-electron chi connectivity index (χ4n) is 0.818. The number of amides is 1. The third-order valence-corrected chi connectivity index (χ3v) is 1.75. The lowest BCUT2D eigenvalue weighted by Gasteiger charge is -2.22. The summed E-state index contributed by atoms with van der Waals surface area (Å²) in [6.07, 6.45) is 0.387. The first-order valence-electron chi connectivity index (χ1n) is 4.73. The summed E-state index contributed by atoms with van der Waals surface area (Å²) in [5.74, 6) is 0.0233. The van der Waals surface area contributed by atoms with Crippen LogP contribution in [0.2, 0.25) is 0 Å². The van der Waals surface area contributed by atoms with Crippen LogP contribution in [0.4, 0.5) is 0 Å². The summed E-state index contributed by atoms with van der Waals surface area (Å²) in [5, 5.41) is 11.5. The van der Waals surface area contributed by atoms with Crippen LogP contribution in [0, 0.1) is 11.3 Å². The molecule has 80 valence electrons. The van der Waals surface area contributed by atoms with Crippen molar-refractivity contribution in [3.63, 3.8) is 0 Å². The number of hydrogen-bond acceptors (Lipinski definition) is 3. The van der Waals surface area contributed by atoms with Crippen LogP contribution < -0.4 is 5.32 Å². The van der Waals surface area contributed by atoms with Crippen LogP contribution in [0.1, 0.15) is 27.2 Å². The fourth-order valence-corrected chi connectivity index (χ4v) is 0.818. The van der Waals surface area contributed by atoms with Gasteiger partial charge in [-0.25, -0.2) is 0 Å². The van der Waals surface area contributed by atoms with Gasteiger partial charge in [0.1, 0.15) is 0 Å². The fraction of sp³-hybridized carbons (Fsp3) is 0.800. The Morgan fingerprint density at radius 2 is 2.07 bits per heavy atom. The van der Waals surface area contributed by atoms with E-state index in [-0.39, 0.29) is 11.4 Å². The SMILES string of the molecule is CN(CCC#N)C(=O)CNC(C)(C)C. The number of carbonyl (C=O) groups is 1. The zero-order valence-corrected chi connectivity index (χ0v) is 9.42. The quantitative estimate of drug-likeness (QED) is 0.723. The molecule has 0 spiro atoms. The summed E-state index contributed by atoms with van der Waals surface area (Å²) in [6, 6.07) is 2.01. The van der Waals surface area contributed by atoms with Gasteiger partial charge in [-0.2, -0.15) is 5.26 Å². The van der Waals surface area contributed by atoms with Gasteiger partial charge in [-0.15, -0.1) is 0 Å². The van der Waals surface area contributed by atoms with E-state index in [9.17, 15) is 4.79 Å². The molecule has 4 heteroatoms. The van der Waals surface area contributed by atoms with E-state index in [1.54, 1.807) is 11.9 Å². The van der Waals surface area contributed by atoms with Gasteiger partial charge in [0.25, 0.3) is 0 Å². The summed E-state index contributed by atoms with van der Waals surface area (Å²) in [4.78, 5) is 13.0. The Balaban J connectivity index is 3.80. The summed E-state index contributed by atoms with van der Waals surface area (Å²) >= 11 is 0. The van der Waals surface area contributed by atoms with Crippen LogP contribution >= 0.6 is 0 Å². The number of nitrogens with one attached hydrogen (secondary N) is 1. The number of likely N-dealkylation sites (N-methyl/N-ethyl adjacent to an activating group) is 1. The standard InChI is InChI=1S/C10H19N3O/c1-10(2,3)12-8-9(14)13(4)7-5-6-11/h12H,5,7-8H2,1-4H3. The van der Waals surface area contributed by atoms with E-state index < -0.39 is 0 Å². The molecule has 0 fully saturated rings. The Labute approximate surface area is 85.9 Å². The van der Waals surface area contributed by atoms with Gasteiger partial charge in [0.2, 0.25) is 5.91 Å². The lowest BCUT2D eigenvalue weighted by Crippen LogP contribution is -2.43. The lowest BCUT2D eigenvalue weighted by atomic mass is 10.1. The number of nitriles is 1. The molecule has 0 rings (SSSR count). The number of rotatable bonds is 4. The molecule has 0 aliphatic carbocycles. The Hall–Kier alpha value is -1.08. The number of hydrogen-bond donors (Lipinski definition) is 1. The molecule has 0 aromatic carbocycles. The molecule has 0 saturated heterocycles. The molecule has 0 bridgehead atoms. The van der Waals surface area contributed by atoms with E-state index >= 15 is 0 Å². The average Bonchev–Trinajstić information content (AvgIpc) is 2.09. The van der Waals surface area contributed by atoms with Crippen molar-refractivity contribution in [3.8, 4) is 6.07 Å². The zero-order chi connectivity index (χ0) is 11.2. The molecule has 0 aliphatic heterocycles. The highest BCUT2D eigenvalue weighted by atomic mass is 16.2. The molecule has 0 saturated carbocycles. The average molecular weight is 197 g/mol. The Kier molecular flexibility index (Phi) is 5.18. The van der Waals surface area contributed by atoms with E-state index in [0.29, 0.717) is 19.5 Å². The normalized spacial score (nSPS) is 10.8. The van der Waals surface area contributed by atoms with Crippen molar-refractivity contribution < 1.29 is 4.79 Å². The molecule has 1 amide bonds. The minimum Gasteiger partial charge on any atom is -0.344 e. The topological polar surface area (TPSA) is 56.1 Å². The van der Waals surface area contributed by atoms with Gasteiger partial charge in [0.15, 0.2) is 0 Å². The molecule has 14 heavy (non-hydrogen) atoms. The van der Waals surface area contributed by atoms with Crippen molar-refractivity contribution in [3.05, 3.63) is 0 Å². The molecule has 0 atom stereocenters. The van der Waals surface area contributed by atoms with Crippen LogP contribution in [-0.2, 0) is 4.79 Å². The molecule has 0 aromatic heterocycles. The van der Waals surface area contributed by atoms with Crippen molar-refractivity contribution in [2.24, 2.45) is 0 Å². The maximum absolute atomic E-state index is 11.4. The van der Waals surface area contributed by atoms with Crippen LogP contribution in [0.3, 0.4) is 0 Å². The van der Waals surface area contributed by atoms with E-state index in [0.717, 1.165) is 0 Å². The third kappa shape index (κ3) is 6.44. The highest BCUT2D eigenvalue weighted by Crippen LogP contribution is 1.98. The van der Waals surface area contributed by atoms with Gasteiger partial charge in [-0.05, 0) is 20.8 Å². The van der Waals surface area contributed by atoms with Crippen molar-refractivity contribution in [2.75, 3.05) is 20.1 Å². The minimum atomic E-state index is -0.0499. The minimum absolute atomic E-state index is 0.0233. The van der Waals surface area contributed by atoms with Crippen LogP contribution in [-0.4, -0.2) is 36.5 Å². The van der Waals surface area contributed by atoms with E-state index in [1.165, 1.54) is 0 Å². The van der Waals surface area contributed by atoms with Gasteiger partial charge in [0.05, 0.1) is 19.0 Å². The monoisotopic (exact) mass is 197 g/mol. The molecule has 1 N–H and O–H groups in total. The maximum Gasteiger partial charge on any atom is 0.236 e. The van der Waals surface area contributed by atoms with Crippen molar-refractivity contribution in [1.82, 2.24) is 10.2 Å². The van der Waals surface area contributed by atoms with Gasteiger partial charge < -0.3 is 10.2 Å². The smallest absolute Gasteiger partial charge is 0.236 e. The molecule has 4 nitrogen and oxygen atoms in total. The first-order valence-corrected chi connectivity index (χ1v) is 4.73. The second-order valence-corrected chi connectivity index (χ2v) is 4.33. The Morgan fingerprint density at radius 3 is 2.50 bits per heavy atom. The second kappa shape index (κ2) is 5.61. The first kappa shape index (κ1) is 12.9. The number of carbonyl (C=O) groups excluding carboxylic acids is 1. The summed E-state index contributed by atoms with van der Waals surface area (Å²) in [5.41, 5.74) is -0.0499. The summed E-state index contributed by atoms with van der Waals surface area (Å²) in [6.45, 7) is 6.85. The third-order valence-electron chi connectivity index (χ3n) is 1.75. The molecule has 0 radical (unpaired) electrons. The van der Waals surface area contributed by atoms with Gasteiger partial charge in [-0.3, -0.25) is 4.79 Å². The predicted molar refractivity (Wildman–Crippen MR) is 55.6 cm³/mol. The molecule has 0 aromatic rings. The van der Waals surface area contributed by atoms with Crippen molar-refractivity contribution in [1.29, 1.82) is 5.26 Å². The maximum atomic E-state index is 11.4. The first-order chi connectivity index (χ1) is 6.37. The predicted octanol–water partition coefficient (Wildman–Crippen LogP) is 0.747. The molecule has 0 unspecified atom stereocenters. The van der Waals surface area contributed by atoms with E-state index in [4.69, 9.17) is 5.26 Å². The molecular weight excluding hydrogens is 178 g/mol. The molecule has 0 aliphatic rings. The Morgan fingerprint density at radius 1 is 1.50 bits per heavy atom. The summed E-state index contributed by atoms with van der Waals surface area (Å²) < 4.78 is 0. The highest BCUT2D eigenvalue weighted by molar-refractivity contribution is 5.78. The second-order valence-electron chi connectivity index (χ2n) is 4.33. The largest absolute Gasteiger partial charge is 0.344 e.